The lowest BCUT2D eigenvalue weighted by atomic mass is 9.73. The van der Waals surface area contributed by atoms with Crippen molar-refractivity contribution in [3.05, 3.63) is 79.7 Å². The van der Waals surface area contributed by atoms with E-state index in [1.807, 2.05) is 18.0 Å². The van der Waals surface area contributed by atoms with Crippen LogP contribution in [-0.2, 0) is 48.0 Å². The number of rotatable bonds is 7. The summed E-state index contributed by atoms with van der Waals surface area (Å²) in [6.45, 7) is 17.7. The Labute approximate surface area is 245 Å². The molecule has 0 N–H and O–H groups in total. The molecule has 1 aliphatic heterocycles. The zero-order valence-electron chi connectivity index (χ0n) is 25.8. The van der Waals surface area contributed by atoms with E-state index in [0.29, 0.717) is 12.5 Å². The van der Waals surface area contributed by atoms with E-state index in [1.54, 1.807) is 11.1 Å². The number of thioether (sulfide) groups is 1. The highest BCUT2D eigenvalue weighted by Gasteiger charge is 2.42. The Morgan fingerprint density at radius 2 is 1.70 bits per heavy atom. The number of ether oxygens (including phenoxy) is 1. The van der Waals surface area contributed by atoms with Crippen molar-refractivity contribution in [3.8, 4) is 0 Å². The predicted octanol–water partition coefficient (Wildman–Crippen LogP) is 8.15. The Balaban J connectivity index is 1.34. The van der Waals surface area contributed by atoms with Crippen LogP contribution in [-0.4, -0.2) is 21.2 Å². The van der Waals surface area contributed by atoms with Gasteiger partial charge in [-0.25, -0.2) is 0 Å². The Morgan fingerprint density at radius 3 is 2.48 bits per heavy atom. The molecule has 40 heavy (non-hydrogen) atoms. The first-order valence-corrected chi connectivity index (χ1v) is 16.4. The van der Waals surface area contributed by atoms with Crippen molar-refractivity contribution in [1.82, 2.24) is 15.0 Å². The number of hydrogen-bond donors (Lipinski definition) is 0. The summed E-state index contributed by atoms with van der Waals surface area (Å²) in [7, 11) is 0. The normalized spacial score (nSPS) is 20.5. The van der Waals surface area contributed by atoms with Crippen LogP contribution in [0, 0.1) is 20.8 Å². The molecule has 212 valence electrons. The van der Waals surface area contributed by atoms with Crippen molar-refractivity contribution >= 4 is 11.8 Å². The minimum Gasteiger partial charge on any atom is -0.372 e. The van der Waals surface area contributed by atoms with E-state index in [1.165, 1.54) is 74.6 Å². The van der Waals surface area contributed by atoms with Gasteiger partial charge in [-0.05, 0) is 122 Å². The third-order valence-electron chi connectivity index (χ3n) is 10.4. The maximum atomic E-state index is 5.79. The summed E-state index contributed by atoms with van der Waals surface area (Å²) in [4.78, 5) is 16.5. The maximum Gasteiger partial charge on any atom is 0.0740 e. The summed E-state index contributed by atoms with van der Waals surface area (Å²) in [5, 5.41) is 0. The summed E-state index contributed by atoms with van der Waals surface area (Å²) in [6, 6.07) is 0. The number of aromatic nitrogens is 3. The summed E-state index contributed by atoms with van der Waals surface area (Å²) >= 11 is 1.87. The molecule has 3 aromatic heterocycles. The van der Waals surface area contributed by atoms with Crippen LogP contribution in [0.15, 0.2) is 17.3 Å². The molecule has 0 radical (unpaired) electrons. The molecule has 0 saturated carbocycles. The third-order valence-corrected chi connectivity index (χ3v) is 11.4. The molecule has 0 bridgehead atoms. The predicted molar refractivity (Wildman–Crippen MR) is 165 cm³/mol. The van der Waals surface area contributed by atoms with E-state index in [4.69, 9.17) is 19.7 Å². The topological polar surface area (TPSA) is 47.9 Å². The SMILES string of the molecule is CSc1c(C)nc(C(C)(C)c2c(C)ncc3c2CCC3(C)CCC(C)c2c(C)ncc3c2COC3)c2c1CCC2. The summed E-state index contributed by atoms with van der Waals surface area (Å²) in [5.74, 6) is 0.462. The zero-order chi connectivity index (χ0) is 28.4. The molecule has 4 nitrogen and oxygen atoms in total. The zero-order valence-corrected chi connectivity index (χ0v) is 26.6. The maximum absolute atomic E-state index is 5.79. The average Bonchev–Trinajstić information content (AvgIpc) is 3.66. The van der Waals surface area contributed by atoms with Crippen LogP contribution in [0.2, 0.25) is 0 Å². The van der Waals surface area contributed by atoms with Crippen LogP contribution >= 0.6 is 11.8 Å². The Hall–Kier alpha value is -2.24. The van der Waals surface area contributed by atoms with Crippen LogP contribution in [0.25, 0.3) is 0 Å². The van der Waals surface area contributed by atoms with E-state index < -0.39 is 0 Å². The Kier molecular flexibility index (Phi) is 7.14. The van der Waals surface area contributed by atoms with Crippen molar-refractivity contribution in [2.75, 3.05) is 6.26 Å². The molecule has 3 aromatic rings. The highest BCUT2D eigenvalue weighted by atomic mass is 32.2. The summed E-state index contributed by atoms with van der Waals surface area (Å²) in [6.07, 6.45) is 14.6. The van der Waals surface area contributed by atoms with E-state index >= 15 is 0 Å². The summed E-state index contributed by atoms with van der Waals surface area (Å²) < 4.78 is 5.79. The fourth-order valence-electron chi connectivity index (χ4n) is 8.33. The molecular weight excluding hydrogens is 510 g/mol. The lowest BCUT2D eigenvalue weighted by Gasteiger charge is -2.33. The molecule has 2 atom stereocenters. The van der Waals surface area contributed by atoms with Crippen molar-refractivity contribution in [2.45, 2.75) is 128 Å². The number of pyridine rings is 3. The fraction of sp³-hybridized carbons (Fsp3) is 0.571. The molecule has 5 heteroatoms. The molecule has 4 heterocycles. The van der Waals surface area contributed by atoms with Gasteiger partial charge in [0.1, 0.15) is 0 Å². The lowest BCUT2D eigenvalue weighted by molar-refractivity contribution is 0.134. The van der Waals surface area contributed by atoms with Gasteiger partial charge in [-0.3, -0.25) is 15.0 Å². The van der Waals surface area contributed by atoms with Gasteiger partial charge in [0.2, 0.25) is 0 Å². The van der Waals surface area contributed by atoms with Crippen molar-refractivity contribution < 1.29 is 4.74 Å². The first-order chi connectivity index (χ1) is 19.1. The molecule has 2 unspecified atom stereocenters. The Morgan fingerprint density at radius 1 is 0.950 bits per heavy atom. The largest absolute Gasteiger partial charge is 0.372 e. The van der Waals surface area contributed by atoms with Gasteiger partial charge in [-0.1, -0.05) is 27.7 Å². The highest BCUT2D eigenvalue weighted by Crippen LogP contribution is 2.49. The van der Waals surface area contributed by atoms with E-state index in [0.717, 1.165) is 38.0 Å². The van der Waals surface area contributed by atoms with E-state index in [-0.39, 0.29) is 10.8 Å². The number of nitrogens with zero attached hydrogens (tertiary/aromatic N) is 3. The Bertz CT molecular complexity index is 1490. The second kappa shape index (κ2) is 10.2. The minimum atomic E-state index is -0.176. The van der Waals surface area contributed by atoms with Crippen LogP contribution in [0.1, 0.15) is 127 Å². The van der Waals surface area contributed by atoms with Crippen molar-refractivity contribution in [2.24, 2.45) is 0 Å². The molecule has 6 rings (SSSR count). The lowest BCUT2D eigenvalue weighted by Crippen LogP contribution is -2.28. The van der Waals surface area contributed by atoms with Gasteiger partial charge in [-0.2, -0.15) is 0 Å². The van der Waals surface area contributed by atoms with E-state index in [9.17, 15) is 0 Å². The quantitative estimate of drug-likeness (QED) is 0.275. The van der Waals surface area contributed by atoms with Crippen molar-refractivity contribution in [1.29, 1.82) is 0 Å². The van der Waals surface area contributed by atoms with Gasteiger partial charge in [0.15, 0.2) is 0 Å². The second-order valence-corrected chi connectivity index (χ2v) is 14.2. The highest BCUT2D eigenvalue weighted by molar-refractivity contribution is 7.98. The van der Waals surface area contributed by atoms with Crippen molar-refractivity contribution in [3.63, 3.8) is 0 Å². The molecule has 0 amide bonds. The molecule has 0 saturated heterocycles. The van der Waals surface area contributed by atoms with Gasteiger partial charge in [-0.15, -0.1) is 11.8 Å². The van der Waals surface area contributed by atoms with Crippen LogP contribution in [0.4, 0.5) is 0 Å². The average molecular weight is 556 g/mol. The molecule has 3 aliphatic rings. The van der Waals surface area contributed by atoms with Crippen LogP contribution in [0.3, 0.4) is 0 Å². The molecular formula is C35H45N3OS. The van der Waals surface area contributed by atoms with E-state index in [2.05, 4.69) is 60.9 Å². The van der Waals surface area contributed by atoms with Gasteiger partial charge < -0.3 is 4.74 Å². The monoisotopic (exact) mass is 555 g/mol. The summed E-state index contributed by atoms with van der Waals surface area (Å²) in [5.41, 5.74) is 16.4. The standard InChI is InChI=1S/C35H45N3OS/c1-20(30-21(2)36-16-24-18-39-19-28(24)30)12-14-35(7)15-13-27-29(35)17-37-22(3)31(27)34(5,6)33-26-11-9-10-25(26)32(40-8)23(4)38-33/h16-17,20H,9-15,18-19H2,1-8H3. The van der Waals surface area contributed by atoms with Crippen LogP contribution < -0.4 is 0 Å². The first-order valence-electron chi connectivity index (χ1n) is 15.2. The van der Waals surface area contributed by atoms with Gasteiger partial charge >= 0.3 is 0 Å². The van der Waals surface area contributed by atoms with Crippen LogP contribution in [0.5, 0.6) is 0 Å². The molecule has 0 aromatic carbocycles. The smallest absolute Gasteiger partial charge is 0.0740 e. The van der Waals surface area contributed by atoms with Gasteiger partial charge in [0.05, 0.1) is 24.6 Å². The molecule has 0 fully saturated rings. The molecule has 2 aliphatic carbocycles. The minimum absolute atomic E-state index is 0.138. The fourth-order valence-corrected chi connectivity index (χ4v) is 9.15. The molecule has 0 spiro atoms. The van der Waals surface area contributed by atoms with Gasteiger partial charge in [0.25, 0.3) is 0 Å². The number of aryl methyl sites for hydroxylation is 3. The first kappa shape index (κ1) is 27.9. The number of hydrogen-bond acceptors (Lipinski definition) is 5. The van der Waals surface area contributed by atoms with Gasteiger partial charge in [0, 0.05) is 39.7 Å². The second-order valence-electron chi connectivity index (χ2n) is 13.4. The number of fused-ring (bicyclic) bond motifs is 3. The third kappa shape index (κ3) is 4.34.